The highest BCUT2D eigenvalue weighted by Gasteiger charge is 2.53. The van der Waals surface area contributed by atoms with Crippen molar-refractivity contribution >= 4 is 16.9 Å². The number of carbonyl (C=O) groups excluding carboxylic acids is 1. The monoisotopic (exact) mass is 311 g/mol. The summed E-state index contributed by atoms with van der Waals surface area (Å²) in [5.41, 5.74) is -0.0863. The fraction of sp³-hybridized carbons (Fsp3) is 0.333. The standard InChI is InChI=1S/C15H12F3NO3/c1-21-13(20)14(6-7-14)10-4-5-11(22-15(16,17)18)12-9(10)3-2-8-19-12/h2-5,8H,6-7H2,1H3. The van der Waals surface area contributed by atoms with Crippen LogP contribution in [0.3, 0.4) is 0 Å². The van der Waals surface area contributed by atoms with E-state index in [1.54, 1.807) is 12.1 Å². The Morgan fingerprint density at radius 3 is 2.59 bits per heavy atom. The zero-order valence-corrected chi connectivity index (χ0v) is 11.6. The summed E-state index contributed by atoms with van der Waals surface area (Å²) in [6, 6.07) is 5.91. The van der Waals surface area contributed by atoms with Gasteiger partial charge in [0.2, 0.25) is 0 Å². The molecule has 0 spiro atoms. The van der Waals surface area contributed by atoms with Crippen LogP contribution >= 0.6 is 0 Å². The predicted octanol–water partition coefficient (Wildman–Crippen LogP) is 3.34. The summed E-state index contributed by atoms with van der Waals surface area (Å²) >= 11 is 0. The molecule has 1 aliphatic carbocycles. The number of nitrogens with zero attached hydrogens (tertiary/aromatic N) is 1. The van der Waals surface area contributed by atoms with E-state index in [0.717, 1.165) is 0 Å². The third-order valence-electron chi connectivity index (χ3n) is 3.80. The lowest BCUT2D eigenvalue weighted by Crippen LogP contribution is -2.22. The largest absolute Gasteiger partial charge is 0.573 e. The molecule has 0 aliphatic heterocycles. The van der Waals surface area contributed by atoms with Gasteiger partial charge in [-0.25, -0.2) is 0 Å². The second-order valence-electron chi connectivity index (χ2n) is 5.13. The molecule has 0 atom stereocenters. The number of fused-ring (bicyclic) bond motifs is 1. The first-order chi connectivity index (χ1) is 10.4. The molecule has 0 saturated heterocycles. The van der Waals surface area contributed by atoms with E-state index in [4.69, 9.17) is 4.74 Å². The summed E-state index contributed by atoms with van der Waals surface area (Å²) in [6.45, 7) is 0. The Hall–Kier alpha value is -2.31. The van der Waals surface area contributed by atoms with Crippen LogP contribution in [-0.4, -0.2) is 24.4 Å². The SMILES string of the molecule is COC(=O)C1(c2ccc(OC(F)(F)F)c3ncccc23)CC1. The first-order valence-corrected chi connectivity index (χ1v) is 6.60. The lowest BCUT2D eigenvalue weighted by molar-refractivity contribution is -0.274. The Morgan fingerprint density at radius 2 is 2.00 bits per heavy atom. The van der Waals surface area contributed by atoms with Crippen LogP contribution in [0.2, 0.25) is 0 Å². The number of carbonyl (C=O) groups is 1. The molecule has 22 heavy (non-hydrogen) atoms. The molecule has 7 heteroatoms. The molecule has 1 saturated carbocycles. The Labute approximate surface area is 123 Å². The van der Waals surface area contributed by atoms with Crippen molar-refractivity contribution in [3.63, 3.8) is 0 Å². The third-order valence-corrected chi connectivity index (χ3v) is 3.80. The number of esters is 1. The number of alkyl halides is 3. The molecule has 1 aromatic heterocycles. The van der Waals surface area contributed by atoms with E-state index in [0.29, 0.717) is 23.8 Å². The smallest absolute Gasteiger partial charge is 0.468 e. The van der Waals surface area contributed by atoms with Gasteiger partial charge in [0.15, 0.2) is 5.75 Å². The second-order valence-corrected chi connectivity index (χ2v) is 5.13. The minimum absolute atomic E-state index is 0.0764. The normalized spacial score (nSPS) is 16.4. The molecule has 0 N–H and O–H groups in total. The van der Waals surface area contributed by atoms with E-state index in [1.807, 2.05) is 0 Å². The van der Waals surface area contributed by atoms with E-state index in [2.05, 4.69) is 9.72 Å². The van der Waals surface area contributed by atoms with Gasteiger partial charge in [0.05, 0.1) is 12.5 Å². The Balaban J connectivity index is 2.16. The van der Waals surface area contributed by atoms with Crippen LogP contribution in [0, 0.1) is 0 Å². The van der Waals surface area contributed by atoms with E-state index in [-0.39, 0.29) is 17.2 Å². The van der Waals surface area contributed by atoms with Gasteiger partial charge in [-0.1, -0.05) is 12.1 Å². The summed E-state index contributed by atoms with van der Waals surface area (Å²) in [7, 11) is 1.30. The van der Waals surface area contributed by atoms with Crippen LogP contribution in [0.4, 0.5) is 13.2 Å². The lowest BCUT2D eigenvalue weighted by atomic mass is 9.92. The number of benzene rings is 1. The van der Waals surface area contributed by atoms with E-state index >= 15 is 0 Å². The minimum atomic E-state index is -4.80. The molecule has 3 rings (SSSR count). The highest BCUT2D eigenvalue weighted by molar-refractivity contribution is 5.96. The van der Waals surface area contributed by atoms with E-state index in [9.17, 15) is 18.0 Å². The number of halogens is 3. The molecule has 1 fully saturated rings. The molecule has 0 amide bonds. The van der Waals surface area contributed by atoms with Crippen molar-refractivity contribution < 1.29 is 27.4 Å². The average Bonchev–Trinajstić information content (AvgIpc) is 3.27. The minimum Gasteiger partial charge on any atom is -0.468 e. The van der Waals surface area contributed by atoms with Gasteiger partial charge in [0.1, 0.15) is 5.52 Å². The van der Waals surface area contributed by atoms with E-state index < -0.39 is 11.8 Å². The fourth-order valence-electron chi connectivity index (χ4n) is 2.67. The summed E-state index contributed by atoms with van der Waals surface area (Å²) in [6.07, 6.45) is -2.22. The summed E-state index contributed by atoms with van der Waals surface area (Å²) in [5.74, 6) is -0.769. The van der Waals surface area contributed by atoms with Crippen molar-refractivity contribution in [2.75, 3.05) is 7.11 Å². The van der Waals surface area contributed by atoms with Crippen molar-refractivity contribution in [3.8, 4) is 5.75 Å². The van der Waals surface area contributed by atoms with Crippen LogP contribution in [0.25, 0.3) is 10.9 Å². The maximum absolute atomic E-state index is 12.5. The summed E-state index contributed by atoms with van der Waals surface area (Å²) in [5, 5.41) is 0.465. The molecule has 1 aromatic carbocycles. The van der Waals surface area contributed by atoms with Crippen LogP contribution in [-0.2, 0) is 14.9 Å². The molecular formula is C15H12F3NO3. The molecular weight excluding hydrogens is 299 g/mol. The maximum Gasteiger partial charge on any atom is 0.573 e. The number of ether oxygens (including phenoxy) is 2. The summed E-state index contributed by atoms with van der Waals surface area (Å²) < 4.78 is 46.3. The van der Waals surface area contributed by atoms with Gasteiger partial charge in [0.25, 0.3) is 0 Å². The molecule has 1 aliphatic rings. The molecule has 1 heterocycles. The topological polar surface area (TPSA) is 48.4 Å². The van der Waals surface area contributed by atoms with Gasteiger partial charge in [-0.3, -0.25) is 9.78 Å². The zero-order chi connectivity index (χ0) is 16.0. The van der Waals surface area contributed by atoms with E-state index in [1.165, 1.54) is 25.4 Å². The number of methoxy groups -OCH3 is 1. The molecule has 0 bridgehead atoms. The number of hydrogen-bond donors (Lipinski definition) is 0. The second kappa shape index (κ2) is 4.86. The number of aromatic nitrogens is 1. The van der Waals surface area contributed by atoms with Gasteiger partial charge in [-0.15, -0.1) is 13.2 Å². The quantitative estimate of drug-likeness (QED) is 0.816. The highest BCUT2D eigenvalue weighted by atomic mass is 19.4. The zero-order valence-electron chi connectivity index (χ0n) is 11.6. The molecule has 4 nitrogen and oxygen atoms in total. The third kappa shape index (κ3) is 2.36. The molecule has 0 radical (unpaired) electrons. The van der Waals surface area contributed by atoms with Crippen molar-refractivity contribution in [1.29, 1.82) is 0 Å². The molecule has 116 valence electrons. The first-order valence-electron chi connectivity index (χ1n) is 6.60. The first kappa shape index (κ1) is 14.6. The van der Waals surface area contributed by atoms with Gasteiger partial charge in [-0.2, -0.15) is 0 Å². The van der Waals surface area contributed by atoms with Gasteiger partial charge < -0.3 is 9.47 Å². The maximum atomic E-state index is 12.5. The van der Waals surface area contributed by atoms with Gasteiger partial charge >= 0.3 is 12.3 Å². The fourth-order valence-corrected chi connectivity index (χ4v) is 2.67. The number of hydrogen-bond acceptors (Lipinski definition) is 4. The van der Waals surface area contributed by atoms with Crippen LogP contribution in [0.1, 0.15) is 18.4 Å². The molecule has 2 aromatic rings. The average molecular weight is 311 g/mol. The molecule has 0 unspecified atom stereocenters. The summed E-state index contributed by atoms with van der Waals surface area (Å²) in [4.78, 5) is 16.0. The van der Waals surface area contributed by atoms with Gasteiger partial charge in [-0.05, 0) is 30.5 Å². The number of rotatable bonds is 3. The van der Waals surface area contributed by atoms with Crippen molar-refractivity contribution in [1.82, 2.24) is 4.98 Å². The Morgan fingerprint density at radius 1 is 1.27 bits per heavy atom. The predicted molar refractivity (Wildman–Crippen MR) is 71.4 cm³/mol. The van der Waals surface area contributed by atoms with Crippen molar-refractivity contribution in [3.05, 3.63) is 36.0 Å². The van der Waals surface area contributed by atoms with Crippen molar-refractivity contribution in [2.45, 2.75) is 24.6 Å². The lowest BCUT2D eigenvalue weighted by Gasteiger charge is -2.17. The van der Waals surface area contributed by atoms with Crippen LogP contribution in [0.5, 0.6) is 5.75 Å². The van der Waals surface area contributed by atoms with Gasteiger partial charge in [0, 0.05) is 11.6 Å². The van der Waals surface area contributed by atoms with Crippen LogP contribution in [0.15, 0.2) is 30.5 Å². The Kier molecular flexibility index (Phi) is 3.23. The number of pyridine rings is 1. The van der Waals surface area contributed by atoms with Crippen molar-refractivity contribution in [2.24, 2.45) is 0 Å². The van der Waals surface area contributed by atoms with Crippen LogP contribution < -0.4 is 4.74 Å². The highest BCUT2D eigenvalue weighted by Crippen LogP contribution is 2.52. The Bertz CT molecular complexity index is 738.